The fourth-order valence-electron chi connectivity index (χ4n) is 3.76. The Balaban J connectivity index is 1.44. The molecule has 0 radical (unpaired) electrons. The molecule has 1 N–H and O–H groups in total. The third-order valence-electron chi connectivity index (χ3n) is 5.47. The molecule has 1 fully saturated rings. The van der Waals surface area contributed by atoms with Crippen LogP contribution < -0.4 is 19.5 Å². The van der Waals surface area contributed by atoms with Crippen LogP contribution in [-0.4, -0.2) is 52.0 Å². The van der Waals surface area contributed by atoms with Crippen LogP contribution >= 0.6 is 0 Å². The Hall–Kier alpha value is -2.78. The summed E-state index contributed by atoms with van der Waals surface area (Å²) in [6, 6.07) is 11.6. The highest BCUT2D eigenvalue weighted by Crippen LogP contribution is 2.33. The number of hydrogen-bond donors (Lipinski definition) is 1. The lowest BCUT2D eigenvalue weighted by Crippen LogP contribution is -2.43. The number of ether oxygens (including phenoxy) is 3. The second-order valence-corrected chi connectivity index (χ2v) is 9.52. The molecule has 1 unspecified atom stereocenters. The smallest absolute Gasteiger partial charge is 0.243 e. The van der Waals surface area contributed by atoms with Crippen molar-refractivity contribution >= 4 is 21.6 Å². The first-order valence-electron chi connectivity index (χ1n) is 10.3. The van der Waals surface area contributed by atoms with Gasteiger partial charge in [-0.25, -0.2) is 8.42 Å². The van der Waals surface area contributed by atoms with Gasteiger partial charge in [0, 0.05) is 31.3 Å². The van der Waals surface area contributed by atoms with Gasteiger partial charge in [0.25, 0.3) is 0 Å². The molecule has 31 heavy (non-hydrogen) atoms. The van der Waals surface area contributed by atoms with Crippen molar-refractivity contribution < 1.29 is 27.4 Å². The number of amides is 1. The van der Waals surface area contributed by atoms with Crippen molar-refractivity contribution in [3.05, 3.63) is 42.5 Å². The third-order valence-corrected chi connectivity index (χ3v) is 7.35. The SMILES string of the molecule is COc1ccc(S(=O)(=O)N2CCCC(C(=O)Nc3ccc4c(c3)OCCCO4)C2)cc1. The highest BCUT2D eigenvalue weighted by molar-refractivity contribution is 7.89. The van der Waals surface area contributed by atoms with E-state index in [1.807, 2.05) is 0 Å². The van der Waals surface area contributed by atoms with Crippen molar-refractivity contribution in [3.63, 3.8) is 0 Å². The topological polar surface area (TPSA) is 94.2 Å². The van der Waals surface area contributed by atoms with E-state index in [9.17, 15) is 13.2 Å². The maximum atomic E-state index is 13.0. The summed E-state index contributed by atoms with van der Waals surface area (Å²) in [6.07, 6.45) is 2.05. The van der Waals surface area contributed by atoms with Crippen LogP contribution in [0, 0.1) is 5.92 Å². The summed E-state index contributed by atoms with van der Waals surface area (Å²) in [5, 5.41) is 2.90. The largest absolute Gasteiger partial charge is 0.497 e. The normalized spacial score (nSPS) is 19.3. The monoisotopic (exact) mass is 446 g/mol. The van der Waals surface area contributed by atoms with Crippen LogP contribution in [0.5, 0.6) is 17.2 Å². The Morgan fingerprint density at radius 3 is 2.55 bits per heavy atom. The molecule has 0 bridgehead atoms. The number of rotatable bonds is 5. The first-order valence-corrected chi connectivity index (χ1v) is 11.8. The van der Waals surface area contributed by atoms with Crippen LogP contribution in [0.2, 0.25) is 0 Å². The highest BCUT2D eigenvalue weighted by atomic mass is 32.2. The van der Waals surface area contributed by atoms with Crippen LogP contribution in [-0.2, 0) is 14.8 Å². The van der Waals surface area contributed by atoms with Gasteiger partial charge in [-0.1, -0.05) is 0 Å². The predicted octanol–water partition coefficient (Wildman–Crippen LogP) is 2.90. The van der Waals surface area contributed by atoms with Gasteiger partial charge in [0.2, 0.25) is 15.9 Å². The van der Waals surface area contributed by atoms with Crippen molar-refractivity contribution in [2.75, 3.05) is 38.7 Å². The van der Waals surface area contributed by atoms with Crippen LogP contribution in [0.4, 0.5) is 5.69 Å². The Morgan fingerprint density at radius 1 is 1.06 bits per heavy atom. The summed E-state index contributed by atoms with van der Waals surface area (Å²) < 4.78 is 43.8. The van der Waals surface area contributed by atoms with E-state index >= 15 is 0 Å². The van der Waals surface area contributed by atoms with E-state index in [-0.39, 0.29) is 17.3 Å². The standard InChI is InChI=1S/C22H26N2O6S/c1-28-18-6-8-19(9-7-18)31(26,27)24-11-2-4-16(15-24)22(25)23-17-5-10-20-21(14-17)30-13-3-12-29-20/h5-10,14,16H,2-4,11-13,15H2,1H3,(H,23,25). The Kier molecular flexibility index (Phi) is 6.33. The van der Waals surface area contributed by atoms with Crippen molar-refractivity contribution in [2.45, 2.75) is 24.2 Å². The number of nitrogens with one attached hydrogen (secondary N) is 1. The molecule has 8 nitrogen and oxygen atoms in total. The number of piperidine rings is 1. The Labute approximate surface area is 182 Å². The van der Waals surface area contributed by atoms with Crippen LogP contribution in [0.15, 0.2) is 47.4 Å². The number of fused-ring (bicyclic) bond motifs is 1. The molecule has 2 aromatic rings. The van der Waals surface area contributed by atoms with Gasteiger partial charge in [-0.15, -0.1) is 0 Å². The lowest BCUT2D eigenvalue weighted by Gasteiger charge is -2.31. The molecule has 2 aliphatic heterocycles. The zero-order valence-corrected chi connectivity index (χ0v) is 18.2. The molecule has 1 atom stereocenters. The predicted molar refractivity (Wildman–Crippen MR) is 115 cm³/mol. The van der Waals surface area contributed by atoms with Crippen LogP contribution in [0.1, 0.15) is 19.3 Å². The van der Waals surface area contributed by atoms with E-state index in [1.165, 1.54) is 23.5 Å². The fourth-order valence-corrected chi connectivity index (χ4v) is 5.28. The summed E-state index contributed by atoms with van der Waals surface area (Å²) in [5.74, 6) is 1.21. The van der Waals surface area contributed by atoms with Crippen molar-refractivity contribution in [1.82, 2.24) is 4.31 Å². The van der Waals surface area contributed by atoms with Gasteiger partial charge in [0.1, 0.15) is 5.75 Å². The van der Waals surface area contributed by atoms with Crippen molar-refractivity contribution in [1.29, 1.82) is 0 Å². The van der Waals surface area contributed by atoms with E-state index in [0.717, 1.165) is 6.42 Å². The minimum absolute atomic E-state index is 0.144. The van der Waals surface area contributed by atoms with E-state index in [4.69, 9.17) is 14.2 Å². The molecule has 166 valence electrons. The average Bonchev–Trinajstić information content (AvgIpc) is 3.04. The van der Waals surface area contributed by atoms with Gasteiger partial charge in [-0.2, -0.15) is 4.31 Å². The molecule has 9 heteroatoms. The zero-order chi connectivity index (χ0) is 21.8. The summed E-state index contributed by atoms with van der Waals surface area (Å²) in [7, 11) is -2.15. The molecule has 0 spiro atoms. The number of carbonyl (C=O) groups excluding carboxylic acids is 1. The molecule has 0 aliphatic carbocycles. The lowest BCUT2D eigenvalue weighted by molar-refractivity contribution is -0.120. The van der Waals surface area contributed by atoms with E-state index in [1.54, 1.807) is 30.3 Å². The summed E-state index contributed by atoms with van der Waals surface area (Å²) in [4.78, 5) is 13.1. The molecule has 0 aromatic heterocycles. The Morgan fingerprint density at radius 2 is 1.81 bits per heavy atom. The van der Waals surface area contributed by atoms with Gasteiger partial charge >= 0.3 is 0 Å². The molecule has 2 aromatic carbocycles. The average molecular weight is 447 g/mol. The number of methoxy groups -OCH3 is 1. The second-order valence-electron chi connectivity index (χ2n) is 7.58. The zero-order valence-electron chi connectivity index (χ0n) is 17.4. The van der Waals surface area contributed by atoms with E-state index < -0.39 is 15.9 Å². The van der Waals surface area contributed by atoms with Gasteiger partial charge in [0.05, 0.1) is 31.1 Å². The quantitative estimate of drug-likeness (QED) is 0.759. The minimum Gasteiger partial charge on any atom is -0.497 e. The Bertz CT molecular complexity index is 1040. The summed E-state index contributed by atoms with van der Waals surface area (Å²) >= 11 is 0. The fraction of sp³-hybridized carbons (Fsp3) is 0.409. The van der Waals surface area contributed by atoms with Crippen LogP contribution in [0.25, 0.3) is 0 Å². The van der Waals surface area contributed by atoms with Gasteiger partial charge in [-0.05, 0) is 49.2 Å². The molecule has 2 heterocycles. The van der Waals surface area contributed by atoms with Crippen molar-refractivity contribution in [2.24, 2.45) is 5.92 Å². The number of benzene rings is 2. The number of sulfonamides is 1. The van der Waals surface area contributed by atoms with E-state index in [2.05, 4.69) is 5.32 Å². The van der Waals surface area contributed by atoms with Crippen molar-refractivity contribution in [3.8, 4) is 17.2 Å². The van der Waals surface area contributed by atoms with Gasteiger partial charge in [0.15, 0.2) is 11.5 Å². The summed E-state index contributed by atoms with van der Waals surface area (Å²) in [6.45, 7) is 1.69. The third kappa shape index (κ3) is 4.77. The van der Waals surface area contributed by atoms with Gasteiger partial charge in [-0.3, -0.25) is 4.79 Å². The maximum absolute atomic E-state index is 13.0. The number of anilines is 1. The summed E-state index contributed by atoms with van der Waals surface area (Å²) in [5.41, 5.74) is 0.601. The first kappa shape index (κ1) is 21.5. The molecule has 2 aliphatic rings. The second kappa shape index (κ2) is 9.15. The van der Waals surface area contributed by atoms with E-state index in [0.29, 0.717) is 55.5 Å². The highest BCUT2D eigenvalue weighted by Gasteiger charge is 2.33. The molecule has 4 rings (SSSR count). The minimum atomic E-state index is -3.68. The maximum Gasteiger partial charge on any atom is 0.243 e. The number of hydrogen-bond acceptors (Lipinski definition) is 6. The molecule has 1 saturated heterocycles. The number of nitrogens with zero attached hydrogens (tertiary/aromatic N) is 1. The number of carbonyl (C=O) groups is 1. The molecule has 0 saturated carbocycles. The molecule has 1 amide bonds. The van der Waals surface area contributed by atoms with Gasteiger partial charge < -0.3 is 19.5 Å². The first-order chi connectivity index (χ1) is 15.0. The lowest BCUT2D eigenvalue weighted by atomic mass is 9.98. The molecular formula is C22H26N2O6S. The molecular weight excluding hydrogens is 420 g/mol. The van der Waals surface area contributed by atoms with Crippen LogP contribution in [0.3, 0.4) is 0 Å².